The maximum atomic E-state index is 11.5. The molecule has 0 aliphatic rings. The summed E-state index contributed by atoms with van der Waals surface area (Å²) in [7, 11) is 0. The fourth-order valence-electron chi connectivity index (χ4n) is 1.71. The molecule has 1 aromatic carbocycles. The lowest BCUT2D eigenvalue weighted by molar-refractivity contribution is -0.137. The molecular formula is C16H16ClN3O2S. The highest BCUT2D eigenvalue weighted by Crippen LogP contribution is 2.23. The predicted octanol–water partition coefficient (Wildman–Crippen LogP) is 4.17. The van der Waals surface area contributed by atoms with Crippen LogP contribution in [0.2, 0.25) is 5.02 Å². The SMILES string of the molecule is CCOC(=O)/C=C/c1cnc(SC)nc1Nc1ccc(Cl)cc1. The quantitative estimate of drug-likeness (QED) is 0.365. The molecule has 7 heteroatoms. The number of carbonyl (C=O) groups excluding carboxylic acids is 1. The summed E-state index contributed by atoms with van der Waals surface area (Å²) in [6.07, 6.45) is 6.54. The number of hydrogen-bond donors (Lipinski definition) is 1. The lowest BCUT2D eigenvalue weighted by Crippen LogP contribution is -2.01. The summed E-state index contributed by atoms with van der Waals surface area (Å²) in [6.45, 7) is 2.09. The third-order valence-corrected chi connectivity index (χ3v) is 3.58. The Labute approximate surface area is 144 Å². The van der Waals surface area contributed by atoms with Gasteiger partial charge in [-0.1, -0.05) is 23.4 Å². The van der Waals surface area contributed by atoms with E-state index in [4.69, 9.17) is 16.3 Å². The van der Waals surface area contributed by atoms with Crippen LogP contribution >= 0.6 is 23.4 Å². The molecule has 23 heavy (non-hydrogen) atoms. The van der Waals surface area contributed by atoms with Gasteiger partial charge >= 0.3 is 5.97 Å². The minimum absolute atomic E-state index is 0.334. The van der Waals surface area contributed by atoms with E-state index in [9.17, 15) is 4.79 Å². The van der Waals surface area contributed by atoms with E-state index in [1.807, 2.05) is 18.4 Å². The second kappa shape index (κ2) is 8.55. The number of carbonyl (C=O) groups is 1. The standard InChI is InChI=1S/C16H16ClN3O2S/c1-3-22-14(21)9-4-11-10-18-16(23-2)20-15(11)19-13-7-5-12(17)6-8-13/h4-10H,3H2,1-2H3,(H,18,19,20)/b9-4+. The Bertz CT molecular complexity index is 705. The van der Waals surface area contributed by atoms with Gasteiger partial charge in [-0.2, -0.15) is 0 Å². The number of rotatable bonds is 6. The Morgan fingerprint density at radius 3 is 2.78 bits per heavy atom. The number of aromatic nitrogens is 2. The van der Waals surface area contributed by atoms with Gasteiger partial charge in [-0.05, 0) is 43.5 Å². The fraction of sp³-hybridized carbons (Fsp3) is 0.188. The molecule has 0 amide bonds. The molecule has 5 nitrogen and oxygen atoms in total. The molecule has 0 radical (unpaired) electrons. The van der Waals surface area contributed by atoms with Crippen molar-refractivity contribution in [2.24, 2.45) is 0 Å². The number of anilines is 2. The Morgan fingerprint density at radius 1 is 1.39 bits per heavy atom. The van der Waals surface area contributed by atoms with Crippen molar-refractivity contribution in [1.29, 1.82) is 0 Å². The number of halogens is 1. The number of hydrogen-bond acceptors (Lipinski definition) is 6. The van der Waals surface area contributed by atoms with Crippen LogP contribution in [-0.2, 0) is 9.53 Å². The molecule has 1 aromatic heterocycles. The second-order valence-electron chi connectivity index (χ2n) is 4.38. The summed E-state index contributed by atoms with van der Waals surface area (Å²) < 4.78 is 4.87. The van der Waals surface area contributed by atoms with Crippen LogP contribution in [-0.4, -0.2) is 28.8 Å². The average molecular weight is 350 g/mol. The Kier molecular flexibility index (Phi) is 6.43. The van der Waals surface area contributed by atoms with E-state index in [0.29, 0.717) is 28.2 Å². The molecule has 0 aliphatic carbocycles. The number of ether oxygens (including phenoxy) is 1. The number of thioether (sulfide) groups is 1. The first-order chi connectivity index (χ1) is 11.1. The van der Waals surface area contributed by atoms with Gasteiger partial charge in [0, 0.05) is 28.5 Å². The summed E-state index contributed by atoms with van der Waals surface area (Å²) in [6, 6.07) is 7.27. The van der Waals surface area contributed by atoms with Crippen LogP contribution in [0.4, 0.5) is 11.5 Å². The second-order valence-corrected chi connectivity index (χ2v) is 5.59. The lowest BCUT2D eigenvalue weighted by Gasteiger charge is -2.09. The predicted molar refractivity (Wildman–Crippen MR) is 94.2 cm³/mol. The van der Waals surface area contributed by atoms with Gasteiger partial charge in [0.2, 0.25) is 0 Å². The highest BCUT2D eigenvalue weighted by molar-refractivity contribution is 7.98. The van der Waals surface area contributed by atoms with Gasteiger partial charge in [0.15, 0.2) is 5.16 Å². The molecule has 2 rings (SSSR count). The maximum Gasteiger partial charge on any atom is 0.330 e. The minimum Gasteiger partial charge on any atom is -0.463 e. The van der Waals surface area contributed by atoms with Gasteiger partial charge in [-0.3, -0.25) is 0 Å². The van der Waals surface area contributed by atoms with Crippen LogP contribution in [0.1, 0.15) is 12.5 Å². The van der Waals surface area contributed by atoms with Crippen LogP contribution in [0, 0.1) is 0 Å². The fourth-order valence-corrected chi connectivity index (χ4v) is 2.18. The van der Waals surface area contributed by atoms with Gasteiger partial charge in [-0.15, -0.1) is 0 Å². The van der Waals surface area contributed by atoms with Crippen LogP contribution in [0.5, 0.6) is 0 Å². The van der Waals surface area contributed by atoms with Crippen molar-refractivity contribution in [3.05, 3.63) is 47.1 Å². The molecule has 0 spiro atoms. The van der Waals surface area contributed by atoms with Gasteiger partial charge < -0.3 is 10.1 Å². The number of nitrogens with one attached hydrogen (secondary N) is 1. The van der Waals surface area contributed by atoms with Gasteiger partial charge in [0.1, 0.15) is 5.82 Å². The molecule has 0 unspecified atom stereocenters. The van der Waals surface area contributed by atoms with E-state index in [2.05, 4.69) is 15.3 Å². The first-order valence-electron chi connectivity index (χ1n) is 6.91. The van der Waals surface area contributed by atoms with Crippen molar-refractivity contribution < 1.29 is 9.53 Å². The van der Waals surface area contributed by atoms with E-state index < -0.39 is 5.97 Å². The van der Waals surface area contributed by atoms with E-state index >= 15 is 0 Å². The first-order valence-corrected chi connectivity index (χ1v) is 8.51. The highest BCUT2D eigenvalue weighted by Gasteiger charge is 2.06. The maximum absolute atomic E-state index is 11.5. The molecule has 0 fully saturated rings. The summed E-state index contributed by atoms with van der Waals surface area (Å²) in [4.78, 5) is 20.1. The molecule has 0 bridgehead atoms. The molecule has 2 aromatic rings. The molecule has 0 saturated carbocycles. The monoisotopic (exact) mass is 349 g/mol. The van der Waals surface area contributed by atoms with E-state index in [0.717, 1.165) is 5.69 Å². The summed E-state index contributed by atoms with van der Waals surface area (Å²) >= 11 is 7.33. The molecule has 0 aliphatic heterocycles. The summed E-state index contributed by atoms with van der Waals surface area (Å²) in [5.74, 6) is 0.200. The Balaban J connectivity index is 2.27. The van der Waals surface area contributed by atoms with E-state index in [1.54, 1.807) is 31.3 Å². The number of benzene rings is 1. The Hall–Kier alpha value is -2.05. The van der Waals surface area contributed by atoms with Gasteiger partial charge in [-0.25, -0.2) is 14.8 Å². The zero-order chi connectivity index (χ0) is 16.7. The van der Waals surface area contributed by atoms with Gasteiger partial charge in [0.05, 0.1) is 6.61 Å². The van der Waals surface area contributed by atoms with E-state index in [1.165, 1.54) is 17.8 Å². The number of nitrogens with zero attached hydrogens (tertiary/aromatic N) is 2. The zero-order valence-electron chi connectivity index (χ0n) is 12.7. The van der Waals surface area contributed by atoms with Crippen LogP contribution in [0.15, 0.2) is 41.7 Å². The third-order valence-electron chi connectivity index (χ3n) is 2.77. The normalized spacial score (nSPS) is 10.7. The number of esters is 1. The van der Waals surface area contributed by atoms with Crippen LogP contribution < -0.4 is 5.32 Å². The first kappa shape index (κ1) is 17.3. The van der Waals surface area contributed by atoms with Crippen molar-refractivity contribution in [3.8, 4) is 0 Å². The Morgan fingerprint density at radius 2 is 2.13 bits per heavy atom. The van der Waals surface area contributed by atoms with Crippen molar-refractivity contribution in [3.63, 3.8) is 0 Å². The summed E-state index contributed by atoms with van der Waals surface area (Å²) in [5, 5.41) is 4.50. The molecule has 120 valence electrons. The highest BCUT2D eigenvalue weighted by atomic mass is 35.5. The van der Waals surface area contributed by atoms with Crippen LogP contribution in [0.25, 0.3) is 6.08 Å². The van der Waals surface area contributed by atoms with E-state index in [-0.39, 0.29) is 0 Å². The van der Waals surface area contributed by atoms with Crippen molar-refractivity contribution in [2.45, 2.75) is 12.1 Å². The lowest BCUT2D eigenvalue weighted by atomic mass is 10.2. The van der Waals surface area contributed by atoms with Crippen molar-refractivity contribution in [2.75, 3.05) is 18.2 Å². The topological polar surface area (TPSA) is 64.1 Å². The molecule has 1 heterocycles. The molecule has 0 saturated heterocycles. The molecule has 0 atom stereocenters. The third kappa shape index (κ3) is 5.26. The average Bonchev–Trinajstić information content (AvgIpc) is 2.56. The molecular weight excluding hydrogens is 334 g/mol. The summed E-state index contributed by atoms with van der Waals surface area (Å²) in [5.41, 5.74) is 1.52. The van der Waals surface area contributed by atoms with Crippen molar-refractivity contribution >= 4 is 46.9 Å². The van der Waals surface area contributed by atoms with Crippen LogP contribution in [0.3, 0.4) is 0 Å². The van der Waals surface area contributed by atoms with Gasteiger partial charge in [0.25, 0.3) is 0 Å². The van der Waals surface area contributed by atoms with Crippen molar-refractivity contribution in [1.82, 2.24) is 9.97 Å². The largest absolute Gasteiger partial charge is 0.463 e. The molecule has 1 N–H and O–H groups in total. The zero-order valence-corrected chi connectivity index (χ0v) is 14.3. The smallest absolute Gasteiger partial charge is 0.330 e. The minimum atomic E-state index is -0.404.